The van der Waals surface area contributed by atoms with Gasteiger partial charge in [0.25, 0.3) is 5.91 Å². The first kappa shape index (κ1) is 20.7. The number of ether oxygens (including phenoxy) is 2. The summed E-state index contributed by atoms with van der Waals surface area (Å²) in [5.74, 6) is -1.55. The summed E-state index contributed by atoms with van der Waals surface area (Å²) in [6.45, 7) is 3.71. The largest absolute Gasteiger partial charge is 0.488 e. The number of carbonyl (C=O) groups is 2. The molecule has 27 heavy (non-hydrogen) atoms. The number of methoxy groups -OCH3 is 1. The van der Waals surface area contributed by atoms with Crippen LogP contribution < -0.4 is 10.1 Å². The molecule has 0 saturated carbocycles. The minimum atomic E-state index is -0.690. The van der Waals surface area contributed by atoms with E-state index in [0.29, 0.717) is 0 Å². The summed E-state index contributed by atoms with van der Waals surface area (Å²) in [5.41, 5.74) is -0.0116. The SMILES string of the molecule is CCC(CC)Oc1cccc(F)c1NC1=C(C(=O)OC)CN(CCO)C1=O. The van der Waals surface area contributed by atoms with E-state index in [1.807, 2.05) is 13.8 Å². The van der Waals surface area contributed by atoms with Crippen molar-refractivity contribution in [1.82, 2.24) is 4.90 Å². The fourth-order valence-corrected chi connectivity index (χ4v) is 2.83. The molecule has 0 radical (unpaired) electrons. The van der Waals surface area contributed by atoms with Gasteiger partial charge >= 0.3 is 5.97 Å². The summed E-state index contributed by atoms with van der Waals surface area (Å²) in [4.78, 5) is 26.0. The van der Waals surface area contributed by atoms with Gasteiger partial charge in [0.05, 0.1) is 31.9 Å². The summed E-state index contributed by atoms with van der Waals surface area (Å²) in [5, 5.41) is 11.9. The Kier molecular flexibility index (Phi) is 7.18. The van der Waals surface area contributed by atoms with E-state index in [4.69, 9.17) is 14.6 Å². The number of nitrogens with zero attached hydrogens (tertiary/aromatic N) is 1. The minimum Gasteiger partial charge on any atom is -0.488 e. The van der Waals surface area contributed by atoms with Crippen LogP contribution in [0.15, 0.2) is 29.5 Å². The lowest BCUT2D eigenvalue weighted by molar-refractivity contribution is -0.136. The average molecular weight is 380 g/mol. The molecule has 7 nitrogen and oxygen atoms in total. The molecule has 0 atom stereocenters. The van der Waals surface area contributed by atoms with Gasteiger partial charge in [-0.2, -0.15) is 0 Å². The summed E-state index contributed by atoms with van der Waals surface area (Å²) in [6, 6.07) is 4.36. The maximum Gasteiger partial charge on any atom is 0.337 e. The molecule has 0 aliphatic carbocycles. The number of para-hydroxylation sites is 1. The number of rotatable bonds is 9. The zero-order chi connectivity index (χ0) is 20.0. The molecule has 0 aromatic heterocycles. The van der Waals surface area contributed by atoms with Crippen LogP contribution in [0.25, 0.3) is 0 Å². The van der Waals surface area contributed by atoms with E-state index in [2.05, 4.69) is 5.32 Å². The number of aliphatic hydroxyl groups is 1. The number of benzene rings is 1. The van der Waals surface area contributed by atoms with Gasteiger partial charge in [0.1, 0.15) is 23.0 Å². The van der Waals surface area contributed by atoms with Crippen LogP contribution in [-0.2, 0) is 14.3 Å². The van der Waals surface area contributed by atoms with Crippen LogP contribution >= 0.6 is 0 Å². The Morgan fingerprint density at radius 2 is 2.07 bits per heavy atom. The van der Waals surface area contributed by atoms with Gasteiger partial charge in [-0.1, -0.05) is 19.9 Å². The Morgan fingerprint density at radius 3 is 2.67 bits per heavy atom. The van der Waals surface area contributed by atoms with Crippen molar-refractivity contribution in [3.8, 4) is 5.75 Å². The van der Waals surface area contributed by atoms with Crippen LogP contribution in [0.3, 0.4) is 0 Å². The molecular weight excluding hydrogens is 355 g/mol. The standard InChI is InChI=1S/C19H25FN2O5/c1-4-12(5-2)27-15-8-6-7-14(20)17(15)21-16-13(19(25)26-3)11-22(9-10-23)18(16)24/h6-8,12,21,23H,4-5,9-11H2,1-3H3. The van der Waals surface area contributed by atoms with E-state index >= 15 is 0 Å². The summed E-state index contributed by atoms with van der Waals surface area (Å²) < 4.78 is 25.1. The highest BCUT2D eigenvalue weighted by Crippen LogP contribution is 2.32. The van der Waals surface area contributed by atoms with Crippen LogP contribution in [0.1, 0.15) is 26.7 Å². The van der Waals surface area contributed by atoms with E-state index in [1.54, 1.807) is 6.07 Å². The molecule has 1 heterocycles. The zero-order valence-electron chi connectivity index (χ0n) is 15.8. The topological polar surface area (TPSA) is 88.1 Å². The number of nitrogens with one attached hydrogen (secondary N) is 1. The Bertz CT molecular complexity index is 731. The molecule has 1 aliphatic rings. The molecule has 0 bridgehead atoms. The monoisotopic (exact) mass is 380 g/mol. The van der Waals surface area contributed by atoms with Crippen molar-refractivity contribution in [2.45, 2.75) is 32.8 Å². The Hall–Kier alpha value is -2.61. The smallest absolute Gasteiger partial charge is 0.337 e. The lowest BCUT2D eigenvalue weighted by Gasteiger charge is -2.20. The van der Waals surface area contributed by atoms with Gasteiger partial charge in [-0.15, -0.1) is 0 Å². The highest BCUT2D eigenvalue weighted by molar-refractivity contribution is 6.08. The fraction of sp³-hybridized carbons (Fsp3) is 0.474. The number of halogens is 1. The Balaban J connectivity index is 2.40. The van der Waals surface area contributed by atoms with E-state index in [9.17, 15) is 14.0 Å². The van der Waals surface area contributed by atoms with Gasteiger partial charge in [0.15, 0.2) is 0 Å². The maximum absolute atomic E-state index is 14.5. The predicted octanol–water partition coefficient (Wildman–Crippen LogP) is 2.07. The number of carbonyl (C=O) groups excluding carboxylic acids is 2. The highest BCUT2D eigenvalue weighted by Gasteiger charge is 2.35. The van der Waals surface area contributed by atoms with Crippen LogP contribution in [0.4, 0.5) is 10.1 Å². The maximum atomic E-state index is 14.5. The number of anilines is 1. The molecule has 0 fully saturated rings. The molecule has 1 aliphatic heterocycles. The third-order valence-electron chi connectivity index (χ3n) is 4.38. The van der Waals surface area contributed by atoms with Gasteiger partial charge in [0.2, 0.25) is 0 Å². The van der Waals surface area contributed by atoms with Crippen molar-refractivity contribution < 1.29 is 28.6 Å². The number of hydrogen-bond donors (Lipinski definition) is 2. The number of esters is 1. The molecule has 2 N–H and O–H groups in total. The molecule has 1 aromatic carbocycles. The molecule has 0 saturated heterocycles. The molecular formula is C19H25FN2O5. The molecule has 1 amide bonds. The molecule has 148 valence electrons. The van der Waals surface area contributed by atoms with Crippen LogP contribution in [0, 0.1) is 5.82 Å². The molecule has 2 rings (SSSR count). The molecule has 1 aromatic rings. The first-order valence-electron chi connectivity index (χ1n) is 8.90. The Labute approximate surface area is 157 Å². The molecule has 0 unspecified atom stereocenters. The van der Waals surface area contributed by atoms with Crippen LogP contribution in [0.5, 0.6) is 5.75 Å². The summed E-state index contributed by atoms with van der Waals surface area (Å²) >= 11 is 0. The second kappa shape index (κ2) is 9.36. The number of β-amino-alcohol motifs (C(OH)–C–C–N with tert-alkyl or cyclic N) is 1. The molecule has 8 heteroatoms. The van der Waals surface area contributed by atoms with E-state index in [-0.39, 0.29) is 48.5 Å². The Morgan fingerprint density at radius 1 is 1.37 bits per heavy atom. The van der Waals surface area contributed by atoms with Gasteiger partial charge in [-0.05, 0) is 25.0 Å². The van der Waals surface area contributed by atoms with Crippen molar-refractivity contribution in [2.24, 2.45) is 0 Å². The lowest BCUT2D eigenvalue weighted by Crippen LogP contribution is -2.31. The first-order chi connectivity index (χ1) is 13.0. The predicted molar refractivity (Wildman–Crippen MR) is 97.7 cm³/mol. The first-order valence-corrected chi connectivity index (χ1v) is 8.90. The average Bonchev–Trinajstić information content (AvgIpc) is 2.97. The number of amides is 1. The second-order valence-electron chi connectivity index (χ2n) is 6.09. The van der Waals surface area contributed by atoms with E-state index < -0.39 is 17.7 Å². The van der Waals surface area contributed by atoms with Gasteiger partial charge < -0.3 is 24.8 Å². The van der Waals surface area contributed by atoms with Gasteiger partial charge in [-0.3, -0.25) is 4.79 Å². The van der Waals surface area contributed by atoms with E-state index in [0.717, 1.165) is 12.8 Å². The molecule has 0 spiro atoms. The third kappa shape index (κ3) is 4.57. The quantitative estimate of drug-likeness (QED) is 0.638. The minimum absolute atomic E-state index is 0.0139. The summed E-state index contributed by atoms with van der Waals surface area (Å²) in [6.07, 6.45) is 1.38. The number of hydrogen-bond acceptors (Lipinski definition) is 6. The highest BCUT2D eigenvalue weighted by atomic mass is 19.1. The van der Waals surface area contributed by atoms with Crippen molar-refractivity contribution in [3.63, 3.8) is 0 Å². The van der Waals surface area contributed by atoms with Crippen molar-refractivity contribution in [2.75, 3.05) is 32.1 Å². The van der Waals surface area contributed by atoms with Crippen molar-refractivity contribution in [1.29, 1.82) is 0 Å². The van der Waals surface area contributed by atoms with Crippen LogP contribution in [0.2, 0.25) is 0 Å². The van der Waals surface area contributed by atoms with Gasteiger partial charge in [-0.25, -0.2) is 9.18 Å². The van der Waals surface area contributed by atoms with Crippen LogP contribution in [-0.4, -0.2) is 54.8 Å². The van der Waals surface area contributed by atoms with Crippen molar-refractivity contribution >= 4 is 17.6 Å². The van der Waals surface area contributed by atoms with Crippen molar-refractivity contribution in [3.05, 3.63) is 35.3 Å². The third-order valence-corrected chi connectivity index (χ3v) is 4.38. The second-order valence-corrected chi connectivity index (χ2v) is 6.09. The zero-order valence-corrected chi connectivity index (χ0v) is 15.8. The fourth-order valence-electron chi connectivity index (χ4n) is 2.83. The van der Waals surface area contributed by atoms with E-state index in [1.165, 1.54) is 24.1 Å². The summed E-state index contributed by atoms with van der Waals surface area (Å²) in [7, 11) is 1.21. The normalized spacial score (nSPS) is 14.1. The lowest BCUT2D eigenvalue weighted by atomic mass is 10.2. The number of aliphatic hydroxyl groups excluding tert-OH is 1. The van der Waals surface area contributed by atoms with Gasteiger partial charge in [0, 0.05) is 6.54 Å².